The zero-order valence-corrected chi connectivity index (χ0v) is 10.5. The third-order valence-corrected chi connectivity index (χ3v) is 3.42. The number of nitrogens with one attached hydrogen (secondary N) is 2. The molecule has 2 N–H and O–H groups in total. The lowest BCUT2D eigenvalue weighted by molar-refractivity contribution is 0.0661. The molecule has 1 aliphatic heterocycles. The van der Waals surface area contributed by atoms with Crippen molar-refractivity contribution in [3.05, 3.63) is 30.0 Å². The minimum absolute atomic E-state index is 0.0574. The van der Waals surface area contributed by atoms with Crippen LogP contribution in [-0.2, 0) is 4.74 Å². The highest BCUT2D eigenvalue weighted by atomic mass is 16.5. The van der Waals surface area contributed by atoms with Crippen molar-refractivity contribution >= 4 is 10.9 Å². The van der Waals surface area contributed by atoms with E-state index in [-0.39, 0.29) is 6.10 Å². The number of aromatic amines is 1. The Labute approximate surface area is 106 Å². The number of ether oxygens (including phenoxy) is 2. The molecule has 1 aliphatic rings. The van der Waals surface area contributed by atoms with Crippen molar-refractivity contribution < 1.29 is 9.47 Å². The maximum Gasteiger partial charge on any atom is 0.125 e. The number of benzene rings is 1. The van der Waals surface area contributed by atoms with Crippen LogP contribution in [0.4, 0.5) is 0 Å². The van der Waals surface area contributed by atoms with E-state index >= 15 is 0 Å². The summed E-state index contributed by atoms with van der Waals surface area (Å²) >= 11 is 0. The van der Waals surface area contributed by atoms with Gasteiger partial charge in [-0.3, -0.25) is 0 Å². The fourth-order valence-electron chi connectivity index (χ4n) is 2.55. The molecule has 0 saturated carbocycles. The fraction of sp³-hybridized carbons (Fsp3) is 0.429. The summed E-state index contributed by atoms with van der Waals surface area (Å²) in [6, 6.07) is 6.13. The summed E-state index contributed by atoms with van der Waals surface area (Å²) < 4.78 is 11.4. The van der Waals surface area contributed by atoms with Crippen molar-refractivity contribution in [2.24, 2.45) is 0 Å². The molecular formula is C14H18N2O2. The van der Waals surface area contributed by atoms with Crippen LogP contribution in [0.5, 0.6) is 5.75 Å². The second-order valence-corrected chi connectivity index (χ2v) is 4.54. The standard InChI is InChI=1S/C14H18N2O2/c1-17-12-4-3-11-10(5-7-16-11)14(12)13-9-15-6-2-8-18-13/h3-5,7,13,15-16H,2,6,8-9H2,1H3. The molecule has 2 heterocycles. The van der Waals surface area contributed by atoms with Gasteiger partial charge in [-0.15, -0.1) is 0 Å². The predicted molar refractivity (Wildman–Crippen MR) is 71.0 cm³/mol. The summed E-state index contributed by atoms with van der Waals surface area (Å²) in [6.07, 6.45) is 3.07. The lowest BCUT2D eigenvalue weighted by Crippen LogP contribution is -2.20. The highest BCUT2D eigenvalue weighted by Gasteiger charge is 2.21. The average molecular weight is 246 g/mol. The summed E-state index contributed by atoms with van der Waals surface area (Å²) in [4.78, 5) is 3.23. The highest BCUT2D eigenvalue weighted by Crippen LogP contribution is 2.34. The van der Waals surface area contributed by atoms with Crippen molar-refractivity contribution in [1.82, 2.24) is 10.3 Å². The number of hydrogen-bond acceptors (Lipinski definition) is 3. The number of aromatic nitrogens is 1. The predicted octanol–water partition coefficient (Wildman–Crippen LogP) is 2.23. The Bertz CT molecular complexity index is 528. The van der Waals surface area contributed by atoms with Crippen LogP contribution in [0.25, 0.3) is 10.9 Å². The van der Waals surface area contributed by atoms with E-state index in [4.69, 9.17) is 9.47 Å². The monoisotopic (exact) mass is 246 g/mol. The molecule has 3 rings (SSSR count). The molecule has 96 valence electrons. The van der Waals surface area contributed by atoms with E-state index in [1.54, 1.807) is 7.11 Å². The third kappa shape index (κ3) is 1.98. The van der Waals surface area contributed by atoms with Crippen LogP contribution in [0.1, 0.15) is 18.1 Å². The van der Waals surface area contributed by atoms with Gasteiger partial charge < -0.3 is 19.8 Å². The van der Waals surface area contributed by atoms with Crippen LogP contribution in [-0.4, -0.2) is 31.8 Å². The molecule has 1 aromatic heterocycles. The van der Waals surface area contributed by atoms with Crippen molar-refractivity contribution in [2.45, 2.75) is 12.5 Å². The summed E-state index contributed by atoms with van der Waals surface area (Å²) in [7, 11) is 1.71. The van der Waals surface area contributed by atoms with E-state index in [2.05, 4.69) is 16.4 Å². The van der Waals surface area contributed by atoms with E-state index in [1.165, 1.54) is 5.39 Å². The number of hydrogen-bond donors (Lipinski definition) is 2. The first-order valence-corrected chi connectivity index (χ1v) is 6.36. The van der Waals surface area contributed by atoms with Gasteiger partial charge in [-0.1, -0.05) is 0 Å². The van der Waals surface area contributed by atoms with Gasteiger partial charge in [0, 0.05) is 35.8 Å². The fourth-order valence-corrected chi connectivity index (χ4v) is 2.55. The molecule has 1 fully saturated rings. The van der Waals surface area contributed by atoms with Gasteiger partial charge in [-0.25, -0.2) is 0 Å². The summed E-state index contributed by atoms with van der Waals surface area (Å²) in [5.41, 5.74) is 2.27. The van der Waals surface area contributed by atoms with Gasteiger partial charge in [0.15, 0.2) is 0 Å². The van der Waals surface area contributed by atoms with Gasteiger partial charge in [0.1, 0.15) is 5.75 Å². The molecule has 1 atom stereocenters. The molecule has 18 heavy (non-hydrogen) atoms. The van der Waals surface area contributed by atoms with Crippen LogP contribution in [0.3, 0.4) is 0 Å². The third-order valence-electron chi connectivity index (χ3n) is 3.42. The maximum absolute atomic E-state index is 5.95. The molecule has 0 spiro atoms. The van der Waals surface area contributed by atoms with Crippen LogP contribution >= 0.6 is 0 Å². The van der Waals surface area contributed by atoms with Crippen molar-refractivity contribution in [3.8, 4) is 5.75 Å². The molecule has 0 radical (unpaired) electrons. The molecule has 1 aromatic carbocycles. The van der Waals surface area contributed by atoms with Gasteiger partial charge in [0.25, 0.3) is 0 Å². The second kappa shape index (κ2) is 5.00. The molecule has 2 aromatic rings. The highest BCUT2D eigenvalue weighted by molar-refractivity contribution is 5.85. The zero-order chi connectivity index (χ0) is 12.4. The van der Waals surface area contributed by atoms with Crippen LogP contribution < -0.4 is 10.1 Å². The molecule has 0 bridgehead atoms. The molecule has 0 aliphatic carbocycles. The van der Waals surface area contributed by atoms with E-state index in [1.807, 2.05) is 18.3 Å². The molecule has 1 saturated heterocycles. The molecule has 0 amide bonds. The topological polar surface area (TPSA) is 46.3 Å². The first-order chi connectivity index (χ1) is 8.90. The summed E-state index contributed by atoms with van der Waals surface area (Å²) in [5.74, 6) is 0.899. The maximum atomic E-state index is 5.95. The van der Waals surface area contributed by atoms with Crippen LogP contribution in [0, 0.1) is 0 Å². The van der Waals surface area contributed by atoms with Gasteiger partial charge in [0.05, 0.1) is 13.2 Å². The van der Waals surface area contributed by atoms with Crippen LogP contribution in [0.15, 0.2) is 24.4 Å². The van der Waals surface area contributed by atoms with E-state index < -0.39 is 0 Å². The Morgan fingerprint density at radius 3 is 3.17 bits per heavy atom. The van der Waals surface area contributed by atoms with Gasteiger partial charge in [-0.2, -0.15) is 0 Å². The van der Waals surface area contributed by atoms with Crippen molar-refractivity contribution in [2.75, 3.05) is 26.8 Å². The number of H-pyrrole nitrogens is 1. The van der Waals surface area contributed by atoms with Gasteiger partial charge in [0.2, 0.25) is 0 Å². The first-order valence-electron chi connectivity index (χ1n) is 6.36. The lowest BCUT2D eigenvalue weighted by atomic mass is 10.0. The Hall–Kier alpha value is -1.52. The smallest absolute Gasteiger partial charge is 0.125 e. The summed E-state index contributed by atoms with van der Waals surface area (Å²) in [6.45, 7) is 2.64. The van der Waals surface area contributed by atoms with Crippen molar-refractivity contribution in [3.63, 3.8) is 0 Å². The molecule has 4 heteroatoms. The molecule has 1 unspecified atom stereocenters. The van der Waals surface area contributed by atoms with Gasteiger partial charge in [-0.05, 0) is 31.2 Å². The zero-order valence-electron chi connectivity index (χ0n) is 10.5. The lowest BCUT2D eigenvalue weighted by Gasteiger charge is -2.19. The Kier molecular flexibility index (Phi) is 3.21. The van der Waals surface area contributed by atoms with E-state index in [0.717, 1.165) is 42.9 Å². The van der Waals surface area contributed by atoms with Crippen LogP contribution in [0.2, 0.25) is 0 Å². The Morgan fingerprint density at radius 2 is 2.28 bits per heavy atom. The van der Waals surface area contributed by atoms with E-state index in [0.29, 0.717) is 0 Å². The SMILES string of the molecule is COc1ccc2[nH]ccc2c1C1CNCCCO1. The Balaban J connectivity index is 2.09. The first kappa shape index (κ1) is 11.6. The Morgan fingerprint density at radius 1 is 1.33 bits per heavy atom. The summed E-state index contributed by atoms with van der Waals surface area (Å²) in [5, 5.41) is 4.60. The number of rotatable bonds is 2. The average Bonchev–Trinajstić information content (AvgIpc) is 2.71. The largest absolute Gasteiger partial charge is 0.496 e. The minimum Gasteiger partial charge on any atom is -0.496 e. The van der Waals surface area contributed by atoms with Gasteiger partial charge >= 0.3 is 0 Å². The second-order valence-electron chi connectivity index (χ2n) is 4.54. The minimum atomic E-state index is 0.0574. The number of methoxy groups -OCH3 is 1. The number of fused-ring (bicyclic) bond motifs is 1. The van der Waals surface area contributed by atoms with E-state index in [9.17, 15) is 0 Å². The normalized spacial score (nSPS) is 20.8. The molecular weight excluding hydrogens is 228 g/mol. The quantitative estimate of drug-likeness (QED) is 0.854. The molecule has 4 nitrogen and oxygen atoms in total. The van der Waals surface area contributed by atoms with Crippen molar-refractivity contribution in [1.29, 1.82) is 0 Å².